The second-order valence-electron chi connectivity index (χ2n) is 3.57. The first kappa shape index (κ1) is 14.9. The number of nitrogens with zero attached hydrogens (tertiary/aromatic N) is 1. The largest absolute Gasteiger partial charge is 0.416 e. The van der Waals surface area contributed by atoms with Gasteiger partial charge in [0.15, 0.2) is 6.29 Å². The Morgan fingerprint density at radius 1 is 1.28 bits per heavy atom. The third-order valence-electron chi connectivity index (χ3n) is 2.54. The minimum Gasteiger partial charge on any atom is -0.354 e. The first-order chi connectivity index (χ1) is 8.45. The highest BCUT2D eigenvalue weighted by Crippen LogP contribution is 2.35. The van der Waals surface area contributed by atoms with Crippen LogP contribution < -0.4 is 5.32 Å². The summed E-state index contributed by atoms with van der Waals surface area (Å²) in [5.74, 6) is 0. The molecule has 4 nitrogen and oxygen atoms in total. The van der Waals surface area contributed by atoms with Crippen LogP contribution in [-0.4, -0.2) is 32.5 Å². The number of nitrogens with one attached hydrogen (secondary N) is 1. The van der Waals surface area contributed by atoms with Crippen molar-refractivity contribution < 1.29 is 22.6 Å². The molecule has 1 aromatic heterocycles. The Hall–Kier alpha value is -1.18. The van der Waals surface area contributed by atoms with Gasteiger partial charge in [-0.25, -0.2) is 0 Å². The number of hydrogen-bond donors (Lipinski definition) is 1. The lowest BCUT2D eigenvalue weighted by molar-refractivity contribution is -0.143. The van der Waals surface area contributed by atoms with E-state index in [0.717, 1.165) is 18.5 Å². The summed E-state index contributed by atoms with van der Waals surface area (Å²) in [5, 5.41) is 2.74. The first-order valence-corrected chi connectivity index (χ1v) is 5.19. The Morgan fingerprint density at radius 3 is 2.33 bits per heavy atom. The molecule has 0 saturated carbocycles. The van der Waals surface area contributed by atoms with Crippen LogP contribution >= 0.6 is 0 Å². The zero-order valence-electron chi connectivity index (χ0n) is 10.3. The molecule has 18 heavy (non-hydrogen) atoms. The van der Waals surface area contributed by atoms with Crippen LogP contribution in [0.4, 0.5) is 13.2 Å². The molecule has 1 N–H and O–H groups in total. The van der Waals surface area contributed by atoms with Gasteiger partial charge >= 0.3 is 6.18 Å². The maximum Gasteiger partial charge on any atom is 0.416 e. The molecule has 1 heterocycles. The highest BCUT2D eigenvalue weighted by Gasteiger charge is 2.37. The average molecular weight is 264 g/mol. The monoisotopic (exact) mass is 264 g/mol. The molecule has 0 saturated heterocycles. The fraction of sp³-hybridized carbons (Fsp3) is 0.545. The fourth-order valence-corrected chi connectivity index (χ4v) is 1.72. The third-order valence-corrected chi connectivity index (χ3v) is 2.54. The molecule has 1 rings (SSSR count). The summed E-state index contributed by atoms with van der Waals surface area (Å²) >= 11 is 0. The van der Waals surface area contributed by atoms with Crippen molar-refractivity contribution in [3.8, 4) is 0 Å². The standard InChI is InChI=1S/C11H15F3N2O2/c1-15-9(10(17-2)18-3)7-6-16-5-4-8(7)11(12,13)14/h4-6,9-10,15H,1-3H3. The summed E-state index contributed by atoms with van der Waals surface area (Å²) in [5.41, 5.74) is -0.767. The zero-order chi connectivity index (χ0) is 13.8. The summed E-state index contributed by atoms with van der Waals surface area (Å²) < 4.78 is 48.6. The molecule has 1 unspecified atom stereocenters. The lowest BCUT2D eigenvalue weighted by atomic mass is 10.0. The van der Waals surface area contributed by atoms with Gasteiger partial charge in [-0.15, -0.1) is 0 Å². The maximum atomic E-state index is 12.9. The first-order valence-electron chi connectivity index (χ1n) is 5.19. The predicted octanol–water partition coefficient (Wildman–Crippen LogP) is 1.98. The van der Waals surface area contributed by atoms with Crippen molar-refractivity contribution in [2.24, 2.45) is 0 Å². The van der Waals surface area contributed by atoms with Crippen molar-refractivity contribution in [3.63, 3.8) is 0 Å². The van der Waals surface area contributed by atoms with Crippen LogP contribution in [0, 0.1) is 0 Å². The van der Waals surface area contributed by atoms with E-state index in [2.05, 4.69) is 10.3 Å². The predicted molar refractivity (Wildman–Crippen MR) is 58.8 cm³/mol. The van der Waals surface area contributed by atoms with Gasteiger partial charge in [-0.2, -0.15) is 13.2 Å². The molecule has 0 spiro atoms. The smallest absolute Gasteiger partial charge is 0.354 e. The molecule has 0 radical (unpaired) electrons. The molecular formula is C11H15F3N2O2. The lowest BCUT2D eigenvalue weighted by Gasteiger charge is -2.26. The molecule has 0 bridgehead atoms. The summed E-state index contributed by atoms with van der Waals surface area (Å²) in [6.45, 7) is 0. The topological polar surface area (TPSA) is 43.4 Å². The van der Waals surface area contributed by atoms with Crippen LogP contribution in [0.2, 0.25) is 0 Å². The van der Waals surface area contributed by atoms with Gasteiger partial charge in [0.1, 0.15) is 0 Å². The van der Waals surface area contributed by atoms with Crippen LogP contribution in [-0.2, 0) is 15.7 Å². The number of likely N-dealkylation sites (N-methyl/N-ethyl adjacent to an activating group) is 1. The van der Waals surface area contributed by atoms with Gasteiger partial charge in [0, 0.05) is 32.2 Å². The van der Waals surface area contributed by atoms with Crippen molar-refractivity contribution in [3.05, 3.63) is 29.6 Å². The van der Waals surface area contributed by atoms with Gasteiger partial charge in [-0.3, -0.25) is 4.98 Å². The van der Waals surface area contributed by atoms with Crippen LogP contribution in [0.3, 0.4) is 0 Å². The van der Waals surface area contributed by atoms with E-state index in [1.807, 2.05) is 0 Å². The summed E-state index contributed by atoms with van der Waals surface area (Å²) in [4.78, 5) is 3.73. The van der Waals surface area contributed by atoms with Gasteiger partial charge in [-0.1, -0.05) is 0 Å². The molecule has 0 aromatic carbocycles. The molecule has 7 heteroatoms. The Bertz CT molecular complexity index is 381. The van der Waals surface area contributed by atoms with Crippen molar-refractivity contribution in [1.82, 2.24) is 10.3 Å². The van der Waals surface area contributed by atoms with Gasteiger partial charge in [-0.05, 0) is 13.1 Å². The van der Waals surface area contributed by atoms with Crippen molar-refractivity contribution >= 4 is 0 Å². The van der Waals surface area contributed by atoms with Crippen molar-refractivity contribution in [2.75, 3.05) is 21.3 Å². The minimum absolute atomic E-state index is 0.0128. The maximum absolute atomic E-state index is 12.9. The zero-order valence-corrected chi connectivity index (χ0v) is 10.3. The molecule has 0 aliphatic heterocycles. The number of alkyl halides is 3. The van der Waals surface area contributed by atoms with Gasteiger partial charge in [0.25, 0.3) is 0 Å². The normalized spacial score (nSPS) is 13.9. The van der Waals surface area contributed by atoms with E-state index in [1.165, 1.54) is 21.3 Å². The Labute approximate surface area is 103 Å². The summed E-state index contributed by atoms with van der Waals surface area (Å²) in [6.07, 6.45) is -3.01. The second kappa shape index (κ2) is 6.12. The Kier molecular flexibility index (Phi) is 5.06. The van der Waals surface area contributed by atoms with Gasteiger partial charge in [0.2, 0.25) is 0 Å². The van der Waals surface area contributed by atoms with Crippen LogP contribution in [0.25, 0.3) is 0 Å². The van der Waals surface area contributed by atoms with Crippen LogP contribution in [0.5, 0.6) is 0 Å². The van der Waals surface area contributed by atoms with E-state index in [0.29, 0.717) is 0 Å². The van der Waals surface area contributed by atoms with Crippen LogP contribution in [0.15, 0.2) is 18.5 Å². The van der Waals surface area contributed by atoms with E-state index >= 15 is 0 Å². The average Bonchev–Trinajstić information content (AvgIpc) is 2.34. The number of pyridine rings is 1. The Morgan fingerprint density at radius 2 is 1.89 bits per heavy atom. The van der Waals surface area contributed by atoms with E-state index in [4.69, 9.17) is 9.47 Å². The number of hydrogen-bond acceptors (Lipinski definition) is 4. The molecule has 0 amide bonds. The van der Waals surface area contributed by atoms with Gasteiger partial charge in [0.05, 0.1) is 11.6 Å². The molecule has 0 aliphatic rings. The van der Waals surface area contributed by atoms with E-state index in [-0.39, 0.29) is 5.56 Å². The minimum atomic E-state index is -4.45. The SMILES string of the molecule is CNC(c1cnccc1C(F)(F)F)C(OC)OC. The van der Waals surface area contributed by atoms with Gasteiger partial charge < -0.3 is 14.8 Å². The number of methoxy groups -OCH3 is 2. The third kappa shape index (κ3) is 3.18. The molecule has 1 aromatic rings. The molecule has 1 atom stereocenters. The van der Waals surface area contributed by atoms with E-state index in [9.17, 15) is 13.2 Å². The van der Waals surface area contributed by atoms with E-state index in [1.54, 1.807) is 0 Å². The fourth-order valence-electron chi connectivity index (χ4n) is 1.72. The number of aromatic nitrogens is 1. The molecule has 0 aliphatic carbocycles. The Balaban J connectivity index is 3.21. The molecule has 0 fully saturated rings. The van der Waals surface area contributed by atoms with Crippen LogP contribution in [0.1, 0.15) is 17.2 Å². The number of halogens is 3. The summed E-state index contributed by atoms with van der Waals surface area (Å²) in [7, 11) is 4.26. The second-order valence-corrected chi connectivity index (χ2v) is 3.57. The summed E-state index contributed by atoms with van der Waals surface area (Å²) in [6, 6.07) is 0.174. The van der Waals surface area contributed by atoms with Crippen molar-refractivity contribution in [2.45, 2.75) is 18.5 Å². The highest BCUT2D eigenvalue weighted by molar-refractivity contribution is 5.29. The van der Waals surface area contributed by atoms with E-state index < -0.39 is 24.1 Å². The lowest BCUT2D eigenvalue weighted by Crippen LogP contribution is -2.34. The molecule has 102 valence electrons. The molecular weight excluding hydrogens is 249 g/mol. The van der Waals surface area contributed by atoms with Crippen molar-refractivity contribution in [1.29, 1.82) is 0 Å². The number of rotatable bonds is 5. The highest BCUT2D eigenvalue weighted by atomic mass is 19.4. The quantitative estimate of drug-likeness (QED) is 0.826. The number of ether oxygens (including phenoxy) is 2.